The van der Waals surface area contributed by atoms with E-state index in [0.29, 0.717) is 0 Å². The minimum Gasteiger partial charge on any atom is -0.444 e. The highest BCUT2D eigenvalue weighted by Gasteiger charge is 2.21. The number of rotatable bonds is 5. The fourth-order valence-corrected chi connectivity index (χ4v) is 1.75. The Balaban J connectivity index is 2.59. The van der Waals surface area contributed by atoms with Gasteiger partial charge >= 0.3 is 11.8 Å². The van der Waals surface area contributed by atoms with Crippen LogP contribution in [0.25, 0.3) is 0 Å². The molecule has 0 aromatic carbocycles. The second-order valence-electron chi connectivity index (χ2n) is 5.39. The Bertz CT molecular complexity index is 573. The van der Waals surface area contributed by atoms with E-state index in [1.165, 1.54) is 6.92 Å². The van der Waals surface area contributed by atoms with Gasteiger partial charge in [0.1, 0.15) is 11.3 Å². The summed E-state index contributed by atoms with van der Waals surface area (Å²) in [5.41, 5.74) is -0.678. The third-order valence-electron chi connectivity index (χ3n) is 2.30. The van der Waals surface area contributed by atoms with E-state index in [1.807, 2.05) is 0 Å². The summed E-state index contributed by atoms with van der Waals surface area (Å²) in [5, 5.41) is 16.2. The number of carbonyl (C=O) groups excluding carboxylic acids is 1. The first-order valence-electron chi connectivity index (χ1n) is 6.49. The molecular formula is C12H18ClN5O4. The molecule has 1 aromatic rings. The van der Waals surface area contributed by atoms with E-state index >= 15 is 0 Å². The monoisotopic (exact) mass is 331 g/mol. The summed E-state index contributed by atoms with van der Waals surface area (Å²) in [6, 6.07) is 0. The lowest BCUT2D eigenvalue weighted by molar-refractivity contribution is -0.385. The van der Waals surface area contributed by atoms with Gasteiger partial charge in [-0.05, 0) is 39.3 Å². The lowest BCUT2D eigenvalue weighted by Gasteiger charge is -2.19. The van der Waals surface area contributed by atoms with Crippen molar-refractivity contribution in [2.75, 3.05) is 18.4 Å². The molecule has 0 fully saturated rings. The minimum atomic E-state index is -0.590. The number of ether oxygens (including phenoxy) is 1. The molecule has 122 valence electrons. The lowest BCUT2D eigenvalue weighted by atomic mass is 10.2. The molecule has 0 aliphatic heterocycles. The summed E-state index contributed by atoms with van der Waals surface area (Å²) >= 11 is 5.69. The van der Waals surface area contributed by atoms with E-state index < -0.39 is 16.6 Å². The maximum Gasteiger partial charge on any atom is 0.407 e. The summed E-state index contributed by atoms with van der Waals surface area (Å²) in [5.74, 6) is 0.00786. The fourth-order valence-electron chi connectivity index (χ4n) is 1.53. The van der Waals surface area contributed by atoms with Gasteiger partial charge in [0, 0.05) is 13.1 Å². The lowest BCUT2D eigenvalue weighted by Crippen LogP contribution is -2.35. The van der Waals surface area contributed by atoms with Crippen LogP contribution in [0.2, 0.25) is 5.28 Å². The van der Waals surface area contributed by atoms with Crippen molar-refractivity contribution in [3.05, 3.63) is 21.1 Å². The van der Waals surface area contributed by atoms with Crippen LogP contribution in [0.5, 0.6) is 0 Å². The highest BCUT2D eigenvalue weighted by molar-refractivity contribution is 6.28. The molecule has 0 radical (unpaired) electrons. The molecule has 0 spiro atoms. The van der Waals surface area contributed by atoms with Gasteiger partial charge in [-0.25, -0.2) is 9.78 Å². The highest BCUT2D eigenvalue weighted by Crippen LogP contribution is 2.26. The fraction of sp³-hybridized carbons (Fsp3) is 0.583. The number of alkyl carbamates (subject to hydrolysis) is 1. The molecular weight excluding hydrogens is 314 g/mol. The molecule has 1 heterocycles. The number of nitro groups is 1. The van der Waals surface area contributed by atoms with Crippen LogP contribution in [0.4, 0.5) is 16.3 Å². The van der Waals surface area contributed by atoms with Gasteiger partial charge in [0.15, 0.2) is 0 Å². The zero-order valence-electron chi connectivity index (χ0n) is 12.8. The molecule has 22 heavy (non-hydrogen) atoms. The Morgan fingerprint density at radius 1 is 1.36 bits per heavy atom. The average Bonchev–Trinajstić information content (AvgIpc) is 2.30. The molecule has 9 nitrogen and oxygen atoms in total. The highest BCUT2D eigenvalue weighted by atomic mass is 35.5. The van der Waals surface area contributed by atoms with Crippen molar-refractivity contribution in [3.63, 3.8) is 0 Å². The molecule has 0 aliphatic carbocycles. The maximum atomic E-state index is 11.4. The standard InChI is InChI=1S/C12H18ClN5O4/c1-7-8(18(20)21)9(17-10(13)16-7)14-5-6-15-11(19)22-12(2,3)4/h5-6H2,1-4H3,(H,15,19)(H,14,16,17). The van der Waals surface area contributed by atoms with Gasteiger partial charge in [0.25, 0.3) is 0 Å². The van der Waals surface area contributed by atoms with Crippen LogP contribution in [-0.2, 0) is 4.74 Å². The van der Waals surface area contributed by atoms with Gasteiger partial charge in [-0.2, -0.15) is 4.98 Å². The first-order valence-corrected chi connectivity index (χ1v) is 6.87. The largest absolute Gasteiger partial charge is 0.444 e. The van der Waals surface area contributed by atoms with Crippen molar-refractivity contribution < 1.29 is 14.5 Å². The summed E-state index contributed by atoms with van der Waals surface area (Å²) in [6.45, 7) is 7.13. The van der Waals surface area contributed by atoms with Crippen molar-refractivity contribution in [1.82, 2.24) is 15.3 Å². The average molecular weight is 332 g/mol. The Morgan fingerprint density at radius 3 is 2.55 bits per heavy atom. The van der Waals surface area contributed by atoms with Crippen molar-refractivity contribution >= 4 is 29.2 Å². The van der Waals surface area contributed by atoms with E-state index in [1.54, 1.807) is 20.8 Å². The second-order valence-corrected chi connectivity index (χ2v) is 5.73. The Labute approximate surface area is 132 Å². The molecule has 1 aromatic heterocycles. The van der Waals surface area contributed by atoms with Crippen molar-refractivity contribution in [3.8, 4) is 0 Å². The molecule has 1 amide bonds. The molecule has 0 aliphatic rings. The molecule has 0 atom stereocenters. The predicted molar refractivity (Wildman–Crippen MR) is 81.2 cm³/mol. The smallest absolute Gasteiger partial charge is 0.407 e. The first kappa shape index (κ1) is 17.9. The third-order valence-corrected chi connectivity index (χ3v) is 2.47. The number of aromatic nitrogens is 2. The van der Waals surface area contributed by atoms with Gasteiger partial charge in [0.05, 0.1) is 4.92 Å². The topological polar surface area (TPSA) is 119 Å². The number of nitrogens with zero attached hydrogens (tertiary/aromatic N) is 3. The number of carbonyl (C=O) groups is 1. The number of halogens is 1. The van der Waals surface area contributed by atoms with Crippen LogP contribution in [0.3, 0.4) is 0 Å². The summed E-state index contributed by atoms with van der Waals surface area (Å²) in [7, 11) is 0. The van der Waals surface area contributed by atoms with Crippen LogP contribution < -0.4 is 10.6 Å². The minimum absolute atomic E-state index is 0.00786. The van der Waals surface area contributed by atoms with Gasteiger partial charge in [0.2, 0.25) is 11.1 Å². The summed E-state index contributed by atoms with van der Waals surface area (Å²) < 4.78 is 5.06. The van der Waals surface area contributed by atoms with Crippen LogP contribution in [0.15, 0.2) is 0 Å². The summed E-state index contributed by atoms with van der Waals surface area (Å²) in [4.78, 5) is 29.4. The van der Waals surface area contributed by atoms with Gasteiger partial charge in [-0.1, -0.05) is 0 Å². The maximum absolute atomic E-state index is 11.4. The van der Waals surface area contributed by atoms with Crippen LogP contribution in [0, 0.1) is 17.0 Å². The van der Waals surface area contributed by atoms with E-state index in [0.717, 1.165) is 0 Å². The number of aryl methyl sites for hydroxylation is 1. The Kier molecular flexibility index (Phi) is 5.86. The van der Waals surface area contributed by atoms with E-state index in [4.69, 9.17) is 16.3 Å². The molecule has 0 saturated heterocycles. The molecule has 1 rings (SSSR count). The zero-order valence-corrected chi connectivity index (χ0v) is 13.5. The predicted octanol–water partition coefficient (Wildman–Crippen LogP) is 2.28. The van der Waals surface area contributed by atoms with Gasteiger partial charge in [-0.3, -0.25) is 10.1 Å². The third kappa shape index (κ3) is 5.68. The van der Waals surface area contributed by atoms with Crippen LogP contribution >= 0.6 is 11.6 Å². The molecule has 0 unspecified atom stereocenters. The molecule has 2 N–H and O–H groups in total. The van der Waals surface area contributed by atoms with Crippen molar-refractivity contribution in [2.24, 2.45) is 0 Å². The normalized spacial score (nSPS) is 11.0. The van der Waals surface area contributed by atoms with E-state index in [2.05, 4.69) is 20.6 Å². The SMILES string of the molecule is Cc1nc(Cl)nc(NCCNC(=O)OC(C)(C)C)c1[N+](=O)[O-]. The van der Waals surface area contributed by atoms with Gasteiger partial charge < -0.3 is 15.4 Å². The number of amides is 1. The number of anilines is 1. The first-order chi connectivity index (χ1) is 10.1. The van der Waals surface area contributed by atoms with Crippen molar-refractivity contribution in [1.29, 1.82) is 0 Å². The molecule has 0 saturated carbocycles. The van der Waals surface area contributed by atoms with Crippen LogP contribution in [0.1, 0.15) is 26.5 Å². The molecule has 0 bridgehead atoms. The number of nitrogens with one attached hydrogen (secondary N) is 2. The Hall–Kier alpha value is -2.16. The summed E-state index contributed by atoms with van der Waals surface area (Å²) in [6.07, 6.45) is -0.569. The number of hydrogen-bond acceptors (Lipinski definition) is 7. The zero-order chi connectivity index (χ0) is 16.9. The number of hydrogen-bond donors (Lipinski definition) is 2. The van der Waals surface area contributed by atoms with E-state index in [-0.39, 0.29) is 35.6 Å². The van der Waals surface area contributed by atoms with Crippen molar-refractivity contribution in [2.45, 2.75) is 33.3 Å². The van der Waals surface area contributed by atoms with Gasteiger partial charge in [-0.15, -0.1) is 0 Å². The quantitative estimate of drug-likeness (QED) is 0.367. The second kappa shape index (κ2) is 7.21. The molecule has 10 heteroatoms. The van der Waals surface area contributed by atoms with E-state index in [9.17, 15) is 14.9 Å². The van der Waals surface area contributed by atoms with Crippen LogP contribution in [-0.4, -0.2) is 39.7 Å². The Morgan fingerprint density at radius 2 is 2.00 bits per heavy atom.